The van der Waals surface area contributed by atoms with Crippen molar-refractivity contribution in [2.75, 3.05) is 26.2 Å². The number of alkyl halides is 3. The Morgan fingerprint density at radius 1 is 1.25 bits per heavy atom. The second-order valence-electron chi connectivity index (χ2n) is 9.57. The lowest BCUT2D eigenvalue weighted by molar-refractivity contribution is -0.303. The van der Waals surface area contributed by atoms with Gasteiger partial charge in [-0.1, -0.05) is 55.4 Å². The van der Waals surface area contributed by atoms with Crippen LogP contribution in [0.15, 0.2) is 71.5 Å². The first kappa shape index (κ1) is 31.9. The van der Waals surface area contributed by atoms with Crippen molar-refractivity contribution in [2.24, 2.45) is 4.99 Å². The summed E-state index contributed by atoms with van der Waals surface area (Å²) in [4.78, 5) is 19.6. The van der Waals surface area contributed by atoms with Crippen LogP contribution in [0, 0.1) is 0 Å². The lowest BCUT2D eigenvalue weighted by Gasteiger charge is -2.33. The quantitative estimate of drug-likeness (QED) is 0.142. The Labute approximate surface area is 242 Å². The standard InChI is InChI=1S/C29H33Cl2F3N2O4/c1-6-36(24(27(37)38-7-2)18(3)10-11-19(4)39-29(32,33)34)14-12-28(5)26-23(9-8-13-35-26)25(40-28)20-15-21(30)17-22(31)16-20/h9-11,15-17,24-25H,3-4,6-8,12-14H2,1-2,5H3/b11-10-. The van der Waals surface area contributed by atoms with Crippen molar-refractivity contribution in [1.82, 2.24) is 4.90 Å². The number of halogens is 5. The van der Waals surface area contributed by atoms with Crippen molar-refractivity contribution in [3.05, 3.63) is 82.1 Å². The van der Waals surface area contributed by atoms with Gasteiger partial charge in [-0.05, 0) is 68.6 Å². The fourth-order valence-corrected chi connectivity index (χ4v) is 5.42. The second-order valence-corrected chi connectivity index (χ2v) is 10.4. The zero-order valence-corrected chi connectivity index (χ0v) is 24.2. The highest BCUT2D eigenvalue weighted by Gasteiger charge is 2.47. The molecule has 2 aliphatic heterocycles. The molecular weight excluding hydrogens is 568 g/mol. The van der Waals surface area contributed by atoms with Crippen molar-refractivity contribution >= 4 is 34.9 Å². The average molecular weight is 601 g/mol. The number of nitrogens with zero attached hydrogens (tertiary/aromatic N) is 2. The minimum Gasteiger partial charge on any atom is -0.465 e. The number of allylic oxidation sites excluding steroid dienone is 1. The molecule has 0 N–H and O–H groups in total. The Morgan fingerprint density at radius 3 is 2.52 bits per heavy atom. The third-order valence-electron chi connectivity index (χ3n) is 6.62. The number of hydrogen-bond acceptors (Lipinski definition) is 6. The maximum atomic E-state index is 13.0. The molecule has 0 saturated carbocycles. The first-order valence-electron chi connectivity index (χ1n) is 12.9. The van der Waals surface area contributed by atoms with E-state index < -0.39 is 35.8 Å². The first-order valence-corrected chi connectivity index (χ1v) is 13.6. The Balaban J connectivity index is 1.83. The number of aliphatic imine (C=N–C) groups is 1. The molecule has 3 rings (SSSR count). The minimum absolute atomic E-state index is 0.128. The molecule has 1 aromatic rings. The molecule has 0 aliphatic carbocycles. The van der Waals surface area contributed by atoms with Gasteiger partial charge >= 0.3 is 12.3 Å². The monoisotopic (exact) mass is 600 g/mol. The van der Waals surface area contributed by atoms with E-state index in [1.807, 2.05) is 30.9 Å². The maximum absolute atomic E-state index is 13.0. The molecule has 1 aromatic carbocycles. The summed E-state index contributed by atoms with van der Waals surface area (Å²) in [7, 11) is 0. The summed E-state index contributed by atoms with van der Waals surface area (Å²) in [5.41, 5.74) is 2.06. The number of hydrogen-bond donors (Lipinski definition) is 0. The Hall–Kier alpha value is -2.59. The van der Waals surface area contributed by atoms with E-state index in [-0.39, 0.29) is 12.2 Å². The molecule has 0 spiro atoms. The number of ether oxygens (including phenoxy) is 3. The van der Waals surface area contributed by atoms with Gasteiger partial charge in [0.15, 0.2) is 0 Å². The molecule has 40 heavy (non-hydrogen) atoms. The van der Waals surface area contributed by atoms with Gasteiger partial charge in [0.25, 0.3) is 0 Å². The lowest BCUT2D eigenvalue weighted by Crippen LogP contribution is -2.46. The number of carbonyl (C=O) groups is 1. The maximum Gasteiger partial charge on any atom is 0.573 e. The van der Waals surface area contributed by atoms with Crippen LogP contribution in [0.2, 0.25) is 10.0 Å². The first-order chi connectivity index (χ1) is 18.8. The van der Waals surface area contributed by atoms with Gasteiger partial charge in [0.05, 0.1) is 12.3 Å². The van der Waals surface area contributed by atoms with Crippen LogP contribution < -0.4 is 0 Å². The van der Waals surface area contributed by atoms with Gasteiger partial charge in [-0.15, -0.1) is 13.2 Å². The zero-order valence-electron chi connectivity index (χ0n) is 22.7. The minimum atomic E-state index is -4.88. The van der Waals surface area contributed by atoms with Gasteiger partial charge in [-0.2, -0.15) is 0 Å². The molecule has 6 nitrogen and oxygen atoms in total. The summed E-state index contributed by atoms with van der Waals surface area (Å²) in [6.45, 7) is 14.2. The van der Waals surface area contributed by atoms with Gasteiger partial charge in [0.2, 0.25) is 0 Å². The summed E-state index contributed by atoms with van der Waals surface area (Å²) in [6, 6.07) is 4.35. The highest BCUT2D eigenvalue weighted by molar-refractivity contribution is 6.34. The number of likely N-dealkylation sites (N-methyl/N-ethyl adjacent to an activating group) is 1. The van der Waals surface area contributed by atoms with Crippen LogP contribution in [0.1, 0.15) is 45.3 Å². The van der Waals surface area contributed by atoms with Crippen molar-refractivity contribution in [3.8, 4) is 0 Å². The van der Waals surface area contributed by atoms with Crippen LogP contribution >= 0.6 is 23.2 Å². The molecule has 1 fully saturated rings. The van der Waals surface area contributed by atoms with E-state index in [1.54, 1.807) is 13.0 Å². The molecule has 3 unspecified atom stereocenters. The number of esters is 1. The largest absolute Gasteiger partial charge is 0.573 e. The Bertz CT molecular complexity index is 1210. The van der Waals surface area contributed by atoms with E-state index in [2.05, 4.69) is 24.0 Å². The molecule has 3 atom stereocenters. The van der Waals surface area contributed by atoms with Crippen LogP contribution in [-0.2, 0) is 19.0 Å². The number of benzene rings is 1. The van der Waals surface area contributed by atoms with Crippen LogP contribution in [0.5, 0.6) is 0 Å². The molecule has 0 radical (unpaired) electrons. The highest BCUT2D eigenvalue weighted by atomic mass is 35.5. The number of fused-ring (bicyclic) bond motifs is 1. The van der Waals surface area contributed by atoms with E-state index in [0.717, 1.165) is 29.3 Å². The molecule has 2 aliphatic rings. The topological polar surface area (TPSA) is 60.4 Å². The Kier molecular flexibility index (Phi) is 10.7. The highest BCUT2D eigenvalue weighted by Crippen LogP contribution is 2.45. The zero-order chi connectivity index (χ0) is 29.7. The normalized spacial score (nSPS) is 21.6. The summed E-state index contributed by atoms with van der Waals surface area (Å²) in [5.74, 6) is -1.20. The van der Waals surface area contributed by atoms with Gasteiger partial charge in [0, 0.05) is 28.7 Å². The number of dihydropyridines is 1. The summed E-state index contributed by atoms with van der Waals surface area (Å²) in [6.07, 6.45) is 0.369. The van der Waals surface area contributed by atoms with Crippen LogP contribution in [0.3, 0.4) is 0 Å². The van der Waals surface area contributed by atoms with E-state index in [9.17, 15) is 18.0 Å². The molecule has 2 heterocycles. The molecule has 218 valence electrons. The summed E-state index contributed by atoms with van der Waals surface area (Å²) in [5, 5.41) is 0.998. The summed E-state index contributed by atoms with van der Waals surface area (Å²) >= 11 is 12.5. The molecule has 1 saturated heterocycles. The molecular formula is C29H33Cl2F3N2O4. The van der Waals surface area contributed by atoms with E-state index in [4.69, 9.17) is 37.7 Å². The fourth-order valence-electron chi connectivity index (χ4n) is 4.88. The lowest BCUT2D eigenvalue weighted by atomic mass is 9.88. The average Bonchev–Trinajstić information content (AvgIpc) is 3.16. The molecule has 11 heteroatoms. The Morgan fingerprint density at radius 2 is 1.93 bits per heavy atom. The molecule has 0 aromatic heterocycles. The molecule has 0 bridgehead atoms. The van der Waals surface area contributed by atoms with Crippen molar-refractivity contribution in [3.63, 3.8) is 0 Å². The fraction of sp³-hybridized carbons (Fsp3) is 0.448. The second kappa shape index (κ2) is 13.4. The van der Waals surface area contributed by atoms with Crippen molar-refractivity contribution in [2.45, 2.75) is 57.7 Å². The van der Waals surface area contributed by atoms with Crippen LogP contribution in [0.4, 0.5) is 13.2 Å². The third-order valence-corrected chi connectivity index (χ3v) is 7.06. The van der Waals surface area contributed by atoms with Crippen LogP contribution in [-0.4, -0.2) is 60.8 Å². The third kappa shape index (κ3) is 8.00. The SMILES string of the molecule is C=C(/C=C\C(=C)C(C(=O)OCC)N(CC)CCC1(C)OC(c2cc(Cl)cc(Cl)c2)C2=CCCN=C21)OC(F)(F)F. The van der Waals surface area contributed by atoms with Gasteiger partial charge in [0.1, 0.15) is 23.5 Å². The number of carbonyl (C=O) groups excluding carboxylic acids is 1. The summed E-state index contributed by atoms with van der Waals surface area (Å²) < 4.78 is 53.3. The molecule has 0 amide bonds. The van der Waals surface area contributed by atoms with Gasteiger partial charge in [-0.3, -0.25) is 9.89 Å². The van der Waals surface area contributed by atoms with Gasteiger partial charge < -0.3 is 14.2 Å². The van der Waals surface area contributed by atoms with Crippen LogP contribution in [0.25, 0.3) is 0 Å². The predicted octanol–water partition coefficient (Wildman–Crippen LogP) is 7.40. The number of rotatable bonds is 12. The predicted molar refractivity (Wildman–Crippen MR) is 151 cm³/mol. The van der Waals surface area contributed by atoms with Crippen molar-refractivity contribution in [1.29, 1.82) is 0 Å². The van der Waals surface area contributed by atoms with E-state index in [0.29, 0.717) is 36.1 Å². The van der Waals surface area contributed by atoms with E-state index >= 15 is 0 Å². The van der Waals surface area contributed by atoms with E-state index in [1.165, 1.54) is 6.08 Å². The van der Waals surface area contributed by atoms with Gasteiger partial charge in [-0.25, -0.2) is 4.79 Å². The van der Waals surface area contributed by atoms with Crippen molar-refractivity contribution < 1.29 is 32.2 Å². The smallest absolute Gasteiger partial charge is 0.465 e.